The van der Waals surface area contributed by atoms with Crippen molar-refractivity contribution in [3.8, 4) is 6.07 Å². The molecule has 2 aromatic rings. The number of carbonyl (C=O) groups is 2. The zero-order valence-electron chi connectivity index (χ0n) is 19.5. The molecule has 1 atom stereocenters. The summed E-state index contributed by atoms with van der Waals surface area (Å²) in [6, 6.07) is 13.2. The third kappa shape index (κ3) is 6.76. The van der Waals surface area contributed by atoms with E-state index < -0.39 is 29.5 Å². The number of hydrogen-bond acceptors (Lipinski definition) is 6. The summed E-state index contributed by atoms with van der Waals surface area (Å²) in [6.07, 6.45) is -3.42. The van der Waals surface area contributed by atoms with Crippen molar-refractivity contribution in [2.45, 2.75) is 19.0 Å². The van der Waals surface area contributed by atoms with E-state index in [0.717, 1.165) is 17.8 Å². The van der Waals surface area contributed by atoms with E-state index in [1.54, 1.807) is 24.3 Å². The topological polar surface area (TPSA) is 91.2 Å². The minimum Gasteiger partial charge on any atom is -0.458 e. The molecule has 0 radical (unpaired) electrons. The maximum atomic E-state index is 13.9. The van der Waals surface area contributed by atoms with Crippen molar-refractivity contribution in [2.75, 3.05) is 17.7 Å². The summed E-state index contributed by atoms with van der Waals surface area (Å²) < 4.78 is 46.9. The van der Waals surface area contributed by atoms with Gasteiger partial charge in [-0.3, -0.25) is 4.79 Å². The number of amides is 1. The minimum atomic E-state index is -4.74. The second-order valence-corrected chi connectivity index (χ2v) is 9.19. The third-order valence-electron chi connectivity index (χ3n) is 5.23. The molecule has 37 heavy (non-hydrogen) atoms. The lowest BCUT2D eigenvalue weighted by Crippen LogP contribution is -2.30. The Bertz CT molecular complexity index is 1330. The molecule has 0 fully saturated rings. The van der Waals surface area contributed by atoms with Crippen molar-refractivity contribution >= 4 is 40.9 Å². The van der Waals surface area contributed by atoms with Gasteiger partial charge in [0.15, 0.2) is 0 Å². The van der Waals surface area contributed by atoms with Gasteiger partial charge in [-0.25, -0.2) is 4.79 Å². The van der Waals surface area contributed by atoms with Crippen LogP contribution in [0.15, 0.2) is 83.1 Å². The molecule has 0 aliphatic carbocycles. The number of nitrogens with zero attached hydrogens (tertiary/aromatic N) is 1. The SMILES string of the molecule is C=CCOC(=O)C1=C(C)NC(SCC(=O)Nc2cccc(Cl)c2)=C(C#N)[C@H]1c1ccccc1C(F)(F)F. The Labute approximate surface area is 220 Å². The molecule has 1 aliphatic rings. The molecular formula is C26H21ClF3N3O3S. The Morgan fingerprint density at radius 1 is 1.27 bits per heavy atom. The molecule has 3 rings (SSSR count). The van der Waals surface area contributed by atoms with E-state index in [-0.39, 0.29) is 39.8 Å². The van der Waals surface area contributed by atoms with Gasteiger partial charge in [0, 0.05) is 16.4 Å². The maximum Gasteiger partial charge on any atom is 0.416 e. The van der Waals surface area contributed by atoms with Gasteiger partial charge in [-0.05, 0) is 36.8 Å². The number of nitrogens with one attached hydrogen (secondary N) is 2. The number of ether oxygens (including phenoxy) is 1. The first-order chi connectivity index (χ1) is 17.6. The van der Waals surface area contributed by atoms with Crippen LogP contribution in [0.4, 0.5) is 18.9 Å². The highest BCUT2D eigenvalue weighted by atomic mass is 35.5. The first-order valence-corrected chi connectivity index (χ1v) is 12.2. The zero-order chi connectivity index (χ0) is 27.2. The summed E-state index contributed by atoms with van der Waals surface area (Å²) in [7, 11) is 0. The highest BCUT2D eigenvalue weighted by Crippen LogP contribution is 2.45. The standard InChI is InChI=1S/C26H21ClF3N3O3S/c1-3-11-36-25(35)22-15(2)32-24(37-14-21(34)33-17-8-6-7-16(27)12-17)19(13-31)23(22)18-9-4-5-10-20(18)26(28,29)30/h3-10,12,23,32H,1,11,14H2,2H3,(H,33,34)/t23-/m1/s1. The van der Waals surface area contributed by atoms with Gasteiger partial charge in [-0.2, -0.15) is 18.4 Å². The van der Waals surface area contributed by atoms with E-state index in [2.05, 4.69) is 17.2 Å². The second kappa shape index (κ2) is 12.0. The number of anilines is 1. The van der Waals surface area contributed by atoms with E-state index in [9.17, 15) is 28.0 Å². The molecule has 0 aromatic heterocycles. The summed E-state index contributed by atoms with van der Waals surface area (Å²) in [5, 5.41) is 16.2. The fraction of sp³-hybridized carbons (Fsp3) is 0.192. The fourth-order valence-corrected chi connectivity index (χ4v) is 4.81. The summed E-state index contributed by atoms with van der Waals surface area (Å²) in [4.78, 5) is 25.4. The van der Waals surface area contributed by atoms with Crippen LogP contribution in [0.2, 0.25) is 5.02 Å². The van der Waals surface area contributed by atoms with E-state index in [1.807, 2.05) is 6.07 Å². The summed E-state index contributed by atoms with van der Waals surface area (Å²) in [5.41, 5.74) is -0.882. The molecule has 0 spiro atoms. The monoisotopic (exact) mass is 547 g/mol. The second-order valence-electron chi connectivity index (χ2n) is 7.77. The van der Waals surface area contributed by atoms with Gasteiger partial charge in [-0.1, -0.05) is 60.3 Å². The highest BCUT2D eigenvalue weighted by molar-refractivity contribution is 8.03. The van der Waals surface area contributed by atoms with Crippen molar-refractivity contribution in [1.29, 1.82) is 5.26 Å². The van der Waals surface area contributed by atoms with E-state index in [1.165, 1.54) is 31.2 Å². The number of esters is 1. The van der Waals surface area contributed by atoms with Crippen molar-refractivity contribution in [1.82, 2.24) is 5.32 Å². The zero-order valence-corrected chi connectivity index (χ0v) is 21.1. The van der Waals surface area contributed by atoms with E-state index >= 15 is 0 Å². The van der Waals surface area contributed by atoms with Gasteiger partial charge >= 0.3 is 12.1 Å². The molecule has 11 heteroatoms. The van der Waals surface area contributed by atoms with Crippen LogP contribution >= 0.6 is 23.4 Å². The highest BCUT2D eigenvalue weighted by Gasteiger charge is 2.41. The number of dihydropyridines is 1. The van der Waals surface area contributed by atoms with Crippen LogP contribution in [-0.4, -0.2) is 24.2 Å². The number of nitriles is 1. The van der Waals surface area contributed by atoms with Crippen LogP contribution in [0, 0.1) is 11.3 Å². The molecule has 0 saturated carbocycles. The quantitative estimate of drug-likeness (QED) is 0.304. The Morgan fingerprint density at radius 2 is 2.00 bits per heavy atom. The molecule has 0 unspecified atom stereocenters. The number of carbonyl (C=O) groups excluding carboxylic acids is 2. The maximum absolute atomic E-state index is 13.9. The van der Waals surface area contributed by atoms with Gasteiger partial charge in [0.25, 0.3) is 0 Å². The first-order valence-electron chi connectivity index (χ1n) is 10.8. The van der Waals surface area contributed by atoms with Crippen molar-refractivity contribution in [3.05, 3.63) is 99.2 Å². The first kappa shape index (κ1) is 27.9. The van der Waals surface area contributed by atoms with Gasteiger partial charge in [-0.15, -0.1) is 0 Å². The van der Waals surface area contributed by atoms with Crippen LogP contribution in [0.1, 0.15) is 24.0 Å². The molecule has 1 amide bonds. The van der Waals surface area contributed by atoms with Crippen molar-refractivity contribution in [3.63, 3.8) is 0 Å². The smallest absolute Gasteiger partial charge is 0.416 e. The number of benzene rings is 2. The van der Waals surface area contributed by atoms with Crippen LogP contribution in [0.3, 0.4) is 0 Å². The fourth-order valence-electron chi connectivity index (χ4n) is 3.73. The third-order valence-corrected chi connectivity index (χ3v) is 6.49. The molecule has 1 heterocycles. The number of halogens is 4. The Balaban J connectivity index is 2.01. The van der Waals surface area contributed by atoms with Crippen molar-refractivity contribution in [2.24, 2.45) is 0 Å². The van der Waals surface area contributed by atoms with Crippen LogP contribution in [0.25, 0.3) is 0 Å². The molecule has 0 bridgehead atoms. The van der Waals surface area contributed by atoms with E-state index in [4.69, 9.17) is 16.3 Å². The molecule has 0 saturated heterocycles. The predicted molar refractivity (Wildman–Crippen MR) is 136 cm³/mol. The lowest BCUT2D eigenvalue weighted by Gasteiger charge is -2.30. The number of thioether (sulfide) groups is 1. The lowest BCUT2D eigenvalue weighted by molar-refractivity contribution is -0.140. The Morgan fingerprint density at radius 3 is 2.65 bits per heavy atom. The average Bonchev–Trinajstić information content (AvgIpc) is 2.85. The predicted octanol–water partition coefficient (Wildman–Crippen LogP) is 6.16. The minimum absolute atomic E-state index is 0.136. The molecule has 6 nitrogen and oxygen atoms in total. The molecule has 192 valence electrons. The molecule has 2 aromatic carbocycles. The van der Waals surface area contributed by atoms with Gasteiger partial charge < -0.3 is 15.4 Å². The summed E-state index contributed by atoms with van der Waals surface area (Å²) in [6.45, 7) is 4.80. The Hall–Kier alpha value is -3.68. The molecular weight excluding hydrogens is 527 g/mol. The van der Waals surface area contributed by atoms with Gasteiger partial charge in [0.2, 0.25) is 5.91 Å². The number of hydrogen-bond donors (Lipinski definition) is 2. The van der Waals surface area contributed by atoms with E-state index in [0.29, 0.717) is 10.7 Å². The van der Waals surface area contributed by atoms with Gasteiger partial charge in [0.05, 0.1) is 39.5 Å². The average molecular weight is 548 g/mol. The number of rotatable bonds is 8. The number of alkyl halides is 3. The normalized spacial score (nSPS) is 15.5. The molecule has 1 aliphatic heterocycles. The summed E-state index contributed by atoms with van der Waals surface area (Å²) >= 11 is 6.86. The van der Waals surface area contributed by atoms with Crippen LogP contribution in [0.5, 0.6) is 0 Å². The summed E-state index contributed by atoms with van der Waals surface area (Å²) in [5.74, 6) is -2.86. The van der Waals surface area contributed by atoms with Crippen LogP contribution in [-0.2, 0) is 20.5 Å². The lowest BCUT2D eigenvalue weighted by atomic mass is 9.80. The Kier molecular flexibility index (Phi) is 9.08. The largest absolute Gasteiger partial charge is 0.458 e. The molecule has 2 N–H and O–H groups in total. The van der Waals surface area contributed by atoms with Gasteiger partial charge in [0.1, 0.15) is 6.61 Å². The van der Waals surface area contributed by atoms with Crippen LogP contribution < -0.4 is 10.6 Å². The van der Waals surface area contributed by atoms with Crippen molar-refractivity contribution < 1.29 is 27.5 Å². The number of allylic oxidation sites excluding steroid dienone is 2.